The van der Waals surface area contributed by atoms with Gasteiger partial charge < -0.3 is 9.47 Å². The zero-order chi connectivity index (χ0) is 24.9. The van der Waals surface area contributed by atoms with Crippen LogP contribution < -0.4 is 20.3 Å². The molecular weight excluding hydrogens is 428 g/mol. The van der Waals surface area contributed by atoms with Crippen LogP contribution in [0.1, 0.15) is 52.7 Å². The highest BCUT2D eigenvalue weighted by Gasteiger charge is 2.23. The van der Waals surface area contributed by atoms with Gasteiger partial charge in [0.2, 0.25) is 0 Å². The predicted octanol–water partition coefficient (Wildman–Crippen LogP) is 5.04. The summed E-state index contributed by atoms with van der Waals surface area (Å²) in [4.78, 5) is 24.3. The zero-order valence-electron chi connectivity index (χ0n) is 20.8. The third-order valence-electron chi connectivity index (χ3n) is 5.44. The molecule has 3 rings (SSSR count). The average Bonchev–Trinajstić information content (AvgIpc) is 2.78. The van der Waals surface area contributed by atoms with Gasteiger partial charge in [0.05, 0.1) is 0 Å². The molecule has 0 spiro atoms. The number of rotatable bonds is 6. The van der Waals surface area contributed by atoms with Gasteiger partial charge in [-0.15, -0.1) is 0 Å². The molecule has 0 saturated heterocycles. The Kier molecular flexibility index (Phi) is 7.50. The highest BCUT2D eigenvalue weighted by atomic mass is 16.5. The zero-order valence-corrected chi connectivity index (χ0v) is 20.8. The summed E-state index contributed by atoms with van der Waals surface area (Å²) >= 11 is 0. The number of carbonyl (C=O) groups excluding carboxylic acids is 2. The maximum Gasteiger partial charge on any atom is 0.276 e. The maximum atomic E-state index is 12.2. The number of hydrazine groups is 1. The first-order chi connectivity index (χ1) is 15.9. The molecule has 0 heterocycles. The molecule has 0 bridgehead atoms. The van der Waals surface area contributed by atoms with Gasteiger partial charge in [-0.3, -0.25) is 20.4 Å². The Bertz CT molecular complexity index is 1170. The topological polar surface area (TPSA) is 76.7 Å². The van der Waals surface area contributed by atoms with Crippen molar-refractivity contribution in [3.63, 3.8) is 0 Å². The second kappa shape index (κ2) is 10.2. The number of carbonyl (C=O) groups is 2. The lowest BCUT2D eigenvalue weighted by atomic mass is 9.80. The Balaban J connectivity index is 1.50. The molecule has 0 aliphatic rings. The summed E-state index contributed by atoms with van der Waals surface area (Å²) in [6.45, 7) is 12.4. The molecule has 0 atom stereocenters. The van der Waals surface area contributed by atoms with Gasteiger partial charge in [-0.25, -0.2) is 0 Å². The van der Waals surface area contributed by atoms with E-state index in [-0.39, 0.29) is 24.0 Å². The molecule has 0 aliphatic heterocycles. The van der Waals surface area contributed by atoms with Crippen molar-refractivity contribution in [3.8, 4) is 11.5 Å². The molecule has 6 heteroatoms. The summed E-state index contributed by atoms with van der Waals surface area (Å²) in [6, 6.07) is 19.6. The Labute approximate surface area is 201 Å². The molecule has 0 unspecified atom stereocenters. The Morgan fingerprint density at radius 3 is 1.94 bits per heavy atom. The van der Waals surface area contributed by atoms with E-state index in [0.717, 1.165) is 16.3 Å². The third-order valence-corrected chi connectivity index (χ3v) is 5.44. The number of nitrogens with one attached hydrogen (secondary N) is 2. The van der Waals surface area contributed by atoms with Gasteiger partial charge >= 0.3 is 0 Å². The molecule has 0 fully saturated rings. The fraction of sp³-hybridized carbons (Fsp3) is 0.357. The lowest BCUT2D eigenvalue weighted by Gasteiger charge is -2.27. The van der Waals surface area contributed by atoms with Crippen LogP contribution in [0.4, 0.5) is 0 Å². The van der Waals surface area contributed by atoms with E-state index < -0.39 is 11.8 Å². The molecule has 0 aliphatic carbocycles. The van der Waals surface area contributed by atoms with Crippen LogP contribution in [0.3, 0.4) is 0 Å². The highest BCUT2D eigenvalue weighted by molar-refractivity contribution is 5.85. The quantitative estimate of drug-likeness (QED) is 0.503. The minimum absolute atomic E-state index is 0.00903. The third kappa shape index (κ3) is 6.73. The molecule has 0 radical (unpaired) electrons. The summed E-state index contributed by atoms with van der Waals surface area (Å²) < 4.78 is 11.3. The number of benzene rings is 3. The summed E-state index contributed by atoms with van der Waals surface area (Å²) in [6.07, 6.45) is 0. The number of ether oxygens (including phenoxy) is 2. The van der Waals surface area contributed by atoms with E-state index in [1.165, 1.54) is 5.56 Å². The van der Waals surface area contributed by atoms with Crippen molar-refractivity contribution in [2.45, 2.75) is 52.4 Å². The molecule has 180 valence electrons. The summed E-state index contributed by atoms with van der Waals surface area (Å²) in [7, 11) is 0. The van der Waals surface area contributed by atoms with Crippen LogP contribution in [-0.2, 0) is 20.4 Å². The van der Waals surface area contributed by atoms with Gasteiger partial charge in [-0.2, -0.15) is 0 Å². The predicted molar refractivity (Wildman–Crippen MR) is 135 cm³/mol. The van der Waals surface area contributed by atoms with Crippen LogP contribution in [0.25, 0.3) is 10.8 Å². The molecule has 34 heavy (non-hydrogen) atoms. The van der Waals surface area contributed by atoms with Gasteiger partial charge in [0.15, 0.2) is 13.2 Å². The molecule has 3 aromatic carbocycles. The van der Waals surface area contributed by atoms with Gasteiger partial charge in [0.1, 0.15) is 11.5 Å². The van der Waals surface area contributed by atoms with E-state index in [4.69, 9.17) is 9.47 Å². The maximum absolute atomic E-state index is 12.2. The van der Waals surface area contributed by atoms with Crippen LogP contribution >= 0.6 is 0 Å². The lowest BCUT2D eigenvalue weighted by molar-refractivity contribution is -0.131. The minimum atomic E-state index is -0.466. The molecule has 3 aromatic rings. The van der Waals surface area contributed by atoms with E-state index in [9.17, 15) is 9.59 Å². The van der Waals surface area contributed by atoms with Crippen LogP contribution in [0, 0.1) is 0 Å². The Morgan fingerprint density at radius 1 is 0.706 bits per heavy atom. The number of amides is 2. The molecular formula is C28H34N2O4. The van der Waals surface area contributed by atoms with Crippen LogP contribution in [0.15, 0.2) is 60.7 Å². The van der Waals surface area contributed by atoms with Gasteiger partial charge in [0.25, 0.3) is 11.8 Å². The minimum Gasteiger partial charge on any atom is -0.484 e. The first kappa shape index (κ1) is 25.1. The number of hydrogen-bond acceptors (Lipinski definition) is 4. The second-order valence-corrected chi connectivity index (χ2v) is 10.4. The van der Waals surface area contributed by atoms with Crippen molar-refractivity contribution >= 4 is 22.6 Å². The van der Waals surface area contributed by atoms with E-state index in [1.807, 2.05) is 48.5 Å². The Hall–Kier alpha value is -3.54. The highest BCUT2D eigenvalue weighted by Crippen LogP contribution is 2.35. The van der Waals surface area contributed by atoms with E-state index in [2.05, 4.69) is 58.5 Å². The SMILES string of the molecule is CC(C)(C)c1ccc(OCC(=O)NNC(=O)COc2ccc3ccccc3c2)c(C(C)(C)C)c1. The normalized spacial score (nSPS) is 11.7. The lowest BCUT2D eigenvalue weighted by Crippen LogP contribution is -2.45. The Morgan fingerprint density at radius 2 is 1.32 bits per heavy atom. The van der Waals surface area contributed by atoms with Gasteiger partial charge in [-0.1, -0.05) is 84.0 Å². The first-order valence-corrected chi connectivity index (χ1v) is 11.4. The van der Waals surface area contributed by atoms with Crippen molar-refractivity contribution in [1.29, 1.82) is 0 Å². The van der Waals surface area contributed by atoms with Crippen molar-refractivity contribution in [1.82, 2.24) is 10.9 Å². The van der Waals surface area contributed by atoms with Crippen LogP contribution in [-0.4, -0.2) is 25.0 Å². The van der Waals surface area contributed by atoms with Crippen LogP contribution in [0.2, 0.25) is 0 Å². The van der Waals surface area contributed by atoms with Crippen molar-refractivity contribution in [3.05, 3.63) is 71.8 Å². The molecule has 2 amide bonds. The fourth-order valence-electron chi connectivity index (χ4n) is 3.47. The number of fused-ring (bicyclic) bond motifs is 1. The monoisotopic (exact) mass is 462 g/mol. The molecule has 0 saturated carbocycles. The fourth-order valence-corrected chi connectivity index (χ4v) is 3.47. The molecule has 6 nitrogen and oxygen atoms in total. The smallest absolute Gasteiger partial charge is 0.276 e. The van der Waals surface area contributed by atoms with Crippen molar-refractivity contribution in [2.75, 3.05) is 13.2 Å². The van der Waals surface area contributed by atoms with Crippen LogP contribution in [0.5, 0.6) is 11.5 Å². The van der Waals surface area contributed by atoms with Gasteiger partial charge in [-0.05, 0) is 50.9 Å². The summed E-state index contributed by atoms with van der Waals surface area (Å²) in [5.41, 5.74) is 6.81. The largest absolute Gasteiger partial charge is 0.484 e. The molecule has 0 aromatic heterocycles. The second-order valence-electron chi connectivity index (χ2n) is 10.4. The molecule has 2 N–H and O–H groups in total. The van der Waals surface area contributed by atoms with E-state index >= 15 is 0 Å². The van der Waals surface area contributed by atoms with E-state index in [1.54, 1.807) is 6.07 Å². The van der Waals surface area contributed by atoms with Gasteiger partial charge in [0, 0.05) is 0 Å². The number of hydrogen-bond donors (Lipinski definition) is 2. The standard InChI is InChI=1S/C28H34N2O4/c1-27(2,3)21-12-14-24(23(16-21)28(4,5)6)34-18-26(32)30-29-25(31)17-33-22-13-11-19-9-7-8-10-20(19)15-22/h7-16H,17-18H2,1-6H3,(H,29,31)(H,30,32). The first-order valence-electron chi connectivity index (χ1n) is 11.4. The average molecular weight is 463 g/mol. The summed E-state index contributed by atoms with van der Waals surface area (Å²) in [5, 5.41) is 2.12. The van der Waals surface area contributed by atoms with Crippen molar-refractivity contribution in [2.24, 2.45) is 0 Å². The van der Waals surface area contributed by atoms with Crippen molar-refractivity contribution < 1.29 is 19.1 Å². The van der Waals surface area contributed by atoms with E-state index in [0.29, 0.717) is 11.5 Å². The summed E-state index contributed by atoms with van der Waals surface area (Å²) in [5.74, 6) is 0.309.